The Bertz CT molecular complexity index is 489. The van der Waals surface area contributed by atoms with Crippen LogP contribution in [0, 0.1) is 16.0 Å². The molecule has 1 aromatic rings. The van der Waals surface area contributed by atoms with Gasteiger partial charge in [-0.1, -0.05) is 6.92 Å². The van der Waals surface area contributed by atoms with Gasteiger partial charge in [-0.15, -0.1) is 11.3 Å². The van der Waals surface area contributed by atoms with Crippen LogP contribution in [-0.4, -0.2) is 36.3 Å². The van der Waals surface area contributed by atoms with Crippen LogP contribution in [0.25, 0.3) is 0 Å². The molecule has 20 heavy (non-hydrogen) atoms. The van der Waals surface area contributed by atoms with Crippen LogP contribution in [0.1, 0.15) is 31.2 Å². The fraction of sp³-hybridized carbons (Fsp3) is 0.692. The van der Waals surface area contributed by atoms with E-state index in [1.54, 1.807) is 14.0 Å². The van der Waals surface area contributed by atoms with E-state index in [-0.39, 0.29) is 16.7 Å². The van der Waals surface area contributed by atoms with E-state index in [1.165, 1.54) is 17.4 Å². The van der Waals surface area contributed by atoms with Gasteiger partial charge in [0.05, 0.1) is 17.1 Å². The van der Waals surface area contributed by atoms with Crippen LogP contribution in [0.2, 0.25) is 0 Å². The van der Waals surface area contributed by atoms with Crippen LogP contribution in [0.4, 0.5) is 10.7 Å². The highest BCUT2D eigenvalue weighted by atomic mass is 32.1. The van der Waals surface area contributed by atoms with Crippen molar-refractivity contribution < 1.29 is 14.8 Å². The Morgan fingerprint density at radius 3 is 2.90 bits per heavy atom. The van der Waals surface area contributed by atoms with Crippen LogP contribution in [0.5, 0.6) is 0 Å². The molecule has 3 unspecified atom stereocenters. The topological polar surface area (TPSA) is 75.8 Å². The molecule has 1 aromatic heterocycles. The highest BCUT2D eigenvalue weighted by Gasteiger charge is 2.32. The number of aliphatic hydroxyl groups excluding tert-OH is 1. The number of thiophene rings is 1. The third-order valence-electron chi connectivity index (χ3n) is 3.80. The monoisotopic (exact) mass is 300 g/mol. The molecule has 2 rings (SSSR count). The molecule has 2 heterocycles. The van der Waals surface area contributed by atoms with Gasteiger partial charge < -0.3 is 14.7 Å². The van der Waals surface area contributed by atoms with E-state index in [4.69, 9.17) is 4.74 Å². The maximum atomic E-state index is 11.2. The number of hydrogen-bond donors (Lipinski definition) is 1. The number of hydrogen-bond acceptors (Lipinski definition) is 6. The molecule has 1 aliphatic rings. The molecule has 112 valence electrons. The second kappa shape index (κ2) is 6.07. The van der Waals surface area contributed by atoms with Crippen LogP contribution < -0.4 is 4.90 Å². The predicted octanol–water partition coefficient (Wildman–Crippen LogP) is 2.57. The minimum Gasteiger partial charge on any atom is -0.388 e. The summed E-state index contributed by atoms with van der Waals surface area (Å²) >= 11 is 1.29. The number of anilines is 1. The molecule has 0 radical (unpaired) electrons. The number of nitrogens with zero attached hydrogens (tertiary/aromatic N) is 2. The fourth-order valence-electron chi connectivity index (χ4n) is 2.48. The minimum atomic E-state index is -0.686. The first kappa shape index (κ1) is 15.2. The van der Waals surface area contributed by atoms with E-state index < -0.39 is 6.10 Å². The molecule has 7 heteroatoms. The molecular formula is C13H20N2O4S. The molecule has 0 saturated carbocycles. The average Bonchev–Trinajstić information content (AvgIpc) is 2.84. The molecule has 0 bridgehead atoms. The van der Waals surface area contributed by atoms with Crippen LogP contribution >= 0.6 is 11.3 Å². The summed E-state index contributed by atoms with van der Waals surface area (Å²) in [5.41, 5.74) is 0.0790. The Kier molecular flexibility index (Phi) is 4.62. The van der Waals surface area contributed by atoms with Crippen molar-refractivity contribution in [1.82, 2.24) is 0 Å². The van der Waals surface area contributed by atoms with E-state index in [9.17, 15) is 15.2 Å². The van der Waals surface area contributed by atoms with Gasteiger partial charge in [-0.05, 0) is 19.3 Å². The Hall–Kier alpha value is -1.18. The number of ether oxygens (including phenoxy) is 1. The van der Waals surface area contributed by atoms with Crippen molar-refractivity contribution in [3.05, 3.63) is 21.1 Å². The summed E-state index contributed by atoms with van der Waals surface area (Å²) in [4.78, 5) is 13.4. The number of methoxy groups -OCH3 is 1. The van der Waals surface area contributed by atoms with Crippen molar-refractivity contribution >= 4 is 22.0 Å². The minimum absolute atomic E-state index is 0.0790. The van der Waals surface area contributed by atoms with Crippen molar-refractivity contribution in [1.29, 1.82) is 0 Å². The van der Waals surface area contributed by atoms with Crippen molar-refractivity contribution in [3.63, 3.8) is 0 Å². The predicted molar refractivity (Wildman–Crippen MR) is 78.4 cm³/mol. The lowest BCUT2D eigenvalue weighted by Gasteiger charge is -2.36. The van der Waals surface area contributed by atoms with Crippen LogP contribution in [0.15, 0.2) is 6.07 Å². The highest BCUT2D eigenvalue weighted by molar-refractivity contribution is 7.16. The number of piperidine rings is 1. The van der Waals surface area contributed by atoms with Gasteiger partial charge in [0, 0.05) is 31.1 Å². The van der Waals surface area contributed by atoms with Gasteiger partial charge in [-0.25, -0.2) is 0 Å². The van der Waals surface area contributed by atoms with Gasteiger partial charge >= 0.3 is 5.69 Å². The molecule has 1 N–H and O–H groups in total. The summed E-state index contributed by atoms with van der Waals surface area (Å²) in [5, 5.41) is 21.4. The zero-order valence-electron chi connectivity index (χ0n) is 11.9. The van der Waals surface area contributed by atoms with E-state index in [0.717, 1.165) is 13.0 Å². The molecular weight excluding hydrogens is 280 g/mol. The normalized spacial score (nSPS) is 24.7. The summed E-state index contributed by atoms with van der Waals surface area (Å²) in [7, 11) is 1.68. The SMILES string of the molecule is COC1CN(c2sc(C(C)O)cc2[N+](=O)[O-])CCC1C. The van der Waals surface area contributed by atoms with Gasteiger partial charge in [0.25, 0.3) is 0 Å². The lowest BCUT2D eigenvalue weighted by molar-refractivity contribution is -0.383. The quantitative estimate of drug-likeness (QED) is 0.683. The Morgan fingerprint density at radius 2 is 2.35 bits per heavy atom. The first-order valence-corrected chi connectivity index (χ1v) is 7.49. The molecule has 3 atom stereocenters. The number of nitro groups is 1. The number of rotatable bonds is 4. The summed E-state index contributed by atoms with van der Waals surface area (Å²) < 4.78 is 5.45. The van der Waals surface area contributed by atoms with Gasteiger partial charge in [0.1, 0.15) is 0 Å². The summed E-state index contributed by atoms with van der Waals surface area (Å²) in [6, 6.07) is 1.48. The van der Waals surface area contributed by atoms with Crippen molar-refractivity contribution in [2.45, 2.75) is 32.5 Å². The molecule has 0 amide bonds. The van der Waals surface area contributed by atoms with E-state index >= 15 is 0 Å². The molecule has 6 nitrogen and oxygen atoms in total. The average molecular weight is 300 g/mol. The fourth-order valence-corrected chi connectivity index (χ4v) is 3.58. The summed E-state index contributed by atoms with van der Waals surface area (Å²) in [6.45, 7) is 5.19. The molecule has 0 aromatic carbocycles. The lowest BCUT2D eigenvalue weighted by Crippen LogP contribution is -2.43. The van der Waals surface area contributed by atoms with Gasteiger partial charge in [-0.2, -0.15) is 0 Å². The van der Waals surface area contributed by atoms with Crippen molar-refractivity contribution in [2.75, 3.05) is 25.1 Å². The third-order valence-corrected chi connectivity index (χ3v) is 5.16. The lowest BCUT2D eigenvalue weighted by atomic mass is 9.96. The van der Waals surface area contributed by atoms with Gasteiger partial charge in [0.2, 0.25) is 0 Å². The van der Waals surface area contributed by atoms with Crippen LogP contribution in [0.3, 0.4) is 0 Å². The van der Waals surface area contributed by atoms with Crippen molar-refractivity contribution in [3.8, 4) is 0 Å². The zero-order valence-corrected chi connectivity index (χ0v) is 12.7. The van der Waals surface area contributed by atoms with Crippen LogP contribution in [-0.2, 0) is 4.74 Å². The van der Waals surface area contributed by atoms with Gasteiger partial charge in [0.15, 0.2) is 5.00 Å². The highest BCUT2D eigenvalue weighted by Crippen LogP contribution is 2.41. The third kappa shape index (κ3) is 2.94. The largest absolute Gasteiger partial charge is 0.388 e. The van der Waals surface area contributed by atoms with E-state index in [2.05, 4.69) is 6.92 Å². The Morgan fingerprint density at radius 1 is 1.65 bits per heavy atom. The smallest absolute Gasteiger partial charge is 0.304 e. The molecule has 1 aliphatic heterocycles. The molecule has 1 fully saturated rings. The summed E-state index contributed by atoms with van der Waals surface area (Å²) in [5.74, 6) is 0.450. The molecule has 0 spiro atoms. The van der Waals surface area contributed by atoms with E-state index in [1.807, 2.05) is 4.90 Å². The molecule has 1 saturated heterocycles. The first-order chi connectivity index (χ1) is 9.43. The second-order valence-corrected chi connectivity index (χ2v) is 6.32. The maximum Gasteiger partial charge on any atom is 0.304 e. The summed E-state index contributed by atoms with van der Waals surface area (Å²) in [6.07, 6.45) is 0.340. The maximum absolute atomic E-state index is 11.2. The Balaban J connectivity index is 2.29. The second-order valence-electron chi connectivity index (χ2n) is 5.26. The number of aliphatic hydroxyl groups is 1. The van der Waals surface area contributed by atoms with Gasteiger partial charge in [-0.3, -0.25) is 10.1 Å². The zero-order chi connectivity index (χ0) is 14.9. The first-order valence-electron chi connectivity index (χ1n) is 6.68. The Labute approximate surface area is 122 Å². The standard InChI is InChI=1S/C13H20N2O4S/c1-8-4-5-14(7-11(8)19-3)13-10(15(17)18)6-12(20-13)9(2)16/h6,8-9,11,16H,4-5,7H2,1-3H3. The van der Waals surface area contributed by atoms with E-state index in [0.29, 0.717) is 22.3 Å². The van der Waals surface area contributed by atoms with Crippen molar-refractivity contribution in [2.24, 2.45) is 5.92 Å². The molecule has 0 aliphatic carbocycles.